The first kappa shape index (κ1) is 12.4. The largest absolute Gasteiger partial charge is 0.508 e. The first-order valence-electron chi connectivity index (χ1n) is 5.96. The fourth-order valence-corrected chi connectivity index (χ4v) is 2.17. The summed E-state index contributed by atoms with van der Waals surface area (Å²) in [5, 5.41) is 22.4. The van der Waals surface area contributed by atoms with E-state index in [9.17, 15) is 10.2 Å². The van der Waals surface area contributed by atoms with Crippen molar-refractivity contribution in [2.24, 2.45) is 0 Å². The molecule has 3 N–H and O–H groups in total. The van der Waals surface area contributed by atoms with Crippen LogP contribution in [0.2, 0.25) is 0 Å². The molecule has 1 saturated heterocycles. The van der Waals surface area contributed by atoms with Crippen LogP contribution in [-0.4, -0.2) is 42.1 Å². The molecule has 1 fully saturated rings. The molecule has 0 saturated carbocycles. The van der Waals surface area contributed by atoms with Gasteiger partial charge in [0.1, 0.15) is 5.75 Å². The summed E-state index contributed by atoms with van der Waals surface area (Å²) in [5.74, 6) is 0.255. The van der Waals surface area contributed by atoms with Crippen LogP contribution in [0.15, 0.2) is 24.3 Å². The molecule has 1 unspecified atom stereocenters. The summed E-state index contributed by atoms with van der Waals surface area (Å²) >= 11 is 0. The highest BCUT2D eigenvalue weighted by atomic mass is 16.5. The lowest BCUT2D eigenvalue weighted by Gasteiger charge is -2.31. The highest BCUT2D eigenvalue weighted by molar-refractivity contribution is 5.28. The molecule has 94 valence electrons. The van der Waals surface area contributed by atoms with Gasteiger partial charge in [-0.05, 0) is 37.1 Å². The topological polar surface area (TPSA) is 61.7 Å². The number of rotatable bonds is 3. The van der Waals surface area contributed by atoms with E-state index in [1.807, 2.05) is 12.1 Å². The van der Waals surface area contributed by atoms with Crippen LogP contribution < -0.4 is 5.32 Å². The first-order valence-corrected chi connectivity index (χ1v) is 5.96. The molecule has 1 aromatic rings. The third kappa shape index (κ3) is 3.19. The van der Waals surface area contributed by atoms with Crippen molar-refractivity contribution < 1.29 is 14.9 Å². The van der Waals surface area contributed by atoms with Gasteiger partial charge in [-0.3, -0.25) is 0 Å². The van der Waals surface area contributed by atoms with Crippen molar-refractivity contribution in [2.75, 3.05) is 26.4 Å². The molecule has 0 aromatic heterocycles. The number of phenolic OH excluding ortho intramolecular Hbond substituents is 1. The highest BCUT2D eigenvalue weighted by Crippen LogP contribution is 2.19. The van der Waals surface area contributed by atoms with Gasteiger partial charge in [-0.1, -0.05) is 12.1 Å². The normalized spacial score (nSPS) is 25.5. The predicted molar refractivity (Wildman–Crippen MR) is 65.1 cm³/mol. The second kappa shape index (κ2) is 5.49. The number of ether oxygens (including phenoxy) is 1. The molecule has 0 spiro atoms. The minimum atomic E-state index is -0.426. The van der Waals surface area contributed by atoms with Crippen molar-refractivity contribution in [1.29, 1.82) is 0 Å². The van der Waals surface area contributed by atoms with E-state index in [2.05, 4.69) is 5.32 Å². The quantitative estimate of drug-likeness (QED) is 0.723. The molecule has 4 heteroatoms. The Morgan fingerprint density at radius 3 is 3.06 bits per heavy atom. The number of aliphatic hydroxyl groups is 1. The molecule has 4 nitrogen and oxygen atoms in total. The molecule has 1 aromatic carbocycles. The molecule has 1 atom stereocenters. The standard InChI is InChI=1S/C13H19NO3/c15-9-13(10-17-6-2-5-14-13)8-11-3-1-4-12(16)7-11/h1,3-4,7,14-16H,2,5-6,8-10H2. The SMILES string of the molecule is OCC1(Cc2cccc(O)c2)COCCCN1. The minimum Gasteiger partial charge on any atom is -0.508 e. The van der Waals surface area contributed by atoms with E-state index in [-0.39, 0.29) is 12.4 Å². The zero-order valence-corrected chi connectivity index (χ0v) is 9.85. The molecule has 0 aliphatic carbocycles. The van der Waals surface area contributed by atoms with Crippen LogP contribution in [0.4, 0.5) is 0 Å². The van der Waals surface area contributed by atoms with E-state index in [4.69, 9.17) is 4.74 Å². The van der Waals surface area contributed by atoms with Gasteiger partial charge in [-0.15, -0.1) is 0 Å². The molecule has 0 amide bonds. The molecule has 1 aliphatic heterocycles. The second-order valence-electron chi connectivity index (χ2n) is 4.62. The first-order chi connectivity index (χ1) is 8.24. The van der Waals surface area contributed by atoms with Crippen LogP contribution in [0.5, 0.6) is 5.75 Å². The minimum absolute atomic E-state index is 0.0304. The number of phenols is 1. The Morgan fingerprint density at radius 2 is 2.29 bits per heavy atom. The van der Waals surface area contributed by atoms with Crippen molar-refractivity contribution in [1.82, 2.24) is 5.32 Å². The number of aromatic hydroxyl groups is 1. The summed E-state index contributed by atoms with van der Waals surface area (Å²) in [6.45, 7) is 2.11. The summed E-state index contributed by atoms with van der Waals surface area (Å²) in [6, 6.07) is 7.13. The number of benzene rings is 1. The summed E-state index contributed by atoms with van der Waals surface area (Å²) in [7, 11) is 0. The molecule has 0 radical (unpaired) electrons. The molecule has 1 aliphatic rings. The smallest absolute Gasteiger partial charge is 0.115 e. The van der Waals surface area contributed by atoms with Crippen molar-refractivity contribution >= 4 is 0 Å². The van der Waals surface area contributed by atoms with Crippen LogP contribution in [0, 0.1) is 0 Å². The van der Waals surface area contributed by atoms with Gasteiger partial charge in [-0.2, -0.15) is 0 Å². The van der Waals surface area contributed by atoms with Crippen molar-refractivity contribution in [2.45, 2.75) is 18.4 Å². The van der Waals surface area contributed by atoms with E-state index in [1.54, 1.807) is 12.1 Å². The Labute approximate surface area is 101 Å². The fraction of sp³-hybridized carbons (Fsp3) is 0.538. The lowest BCUT2D eigenvalue weighted by Crippen LogP contribution is -2.53. The monoisotopic (exact) mass is 237 g/mol. The number of aliphatic hydroxyl groups excluding tert-OH is 1. The fourth-order valence-electron chi connectivity index (χ4n) is 2.17. The van der Waals surface area contributed by atoms with Crippen LogP contribution in [-0.2, 0) is 11.2 Å². The van der Waals surface area contributed by atoms with Crippen LogP contribution >= 0.6 is 0 Å². The lowest BCUT2D eigenvalue weighted by atomic mass is 9.92. The van der Waals surface area contributed by atoms with E-state index in [1.165, 1.54) is 0 Å². The Bertz CT molecular complexity index is 359. The van der Waals surface area contributed by atoms with Crippen LogP contribution in [0.1, 0.15) is 12.0 Å². The van der Waals surface area contributed by atoms with E-state index < -0.39 is 5.54 Å². The Morgan fingerprint density at radius 1 is 1.41 bits per heavy atom. The summed E-state index contributed by atoms with van der Waals surface area (Å²) in [5.41, 5.74) is 0.571. The zero-order chi connectivity index (χ0) is 12.1. The average Bonchev–Trinajstić information content (AvgIpc) is 2.55. The summed E-state index contributed by atoms with van der Waals surface area (Å²) < 4.78 is 5.52. The lowest BCUT2D eigenvalue weighted by molar-refractivity contribution is 0.0566. The van der Waals surface area contributed by atoms with Gasteiger partial charge in [0.05, 0.1) is 18.8 Å². The molecule has 2 rings (SSSR count). The maximum Gasteiger partial charge on any atom is 0.115 e. The maximum absolute atomic E-state index is 9.59. The van der Waals surface area contributed by atoms with E-state index in [0.717, 1.165) is 25.1 Å². The molecule has 0 bridgehead atoms. The van der Waals surface area contributed by atoms with Gasteiger partial charge in [-0.25, -0.2) is 0 Å². The van der Waals surface area contributed by atoms with Gasteiger partial charge < -0.3 is 20.3 Å². The van der Waals surface area contributed by atoms with Gasteiger partial charge >= 0.3 is 0 Å². The predicted octanol–water partition coefficient (Wildman–Crippen LogP) is 0.676. The third-order valence-corrected chi connectivity index (χ3v) is 3.10. The summed E-state index contributed by atoms with van der Waals surface area (Å²) in [4.78, 5) is 0. The Balaban J connectivity index is 2.12. The molecule has 17 heavy (non-hydrogen) atoms. The highest BCUT2D eigenvalue weighted by Gasteiger charge is 2.31. The van der Waals surface area contributed by atoms with Crippen LogP contribution in [0.3, 0.4) is 0 Å². The second-order valence-corrected chi connectivity index (χ2v) is 4.62. The molecular formula is C13H19NO3. The average molecular weight is 237 g/mol. The molecule has 1 heterocycles. The Hall–Kier alpha value is -1.10. The van der Waals surface area contributed by atoms with Crippen molar-refractivity contribution in [3.05, 3.63) is 29.8 Å². The third-order valence-electron chi connectivity index (χ3n) is 3.10. The Kier molecular flexibility index (Phi) is 3.99. The van der Waals surface area contributed by atoms with Crippen molar-refractivity contribution in [3.63, 3.8) is 0 Å². The number of hydrogen-bond acceptors (Lipinski definition) is 4. The van der Waals surface area contributed by atoms with Gasteiger partial charge in [0.2, 0.25) is 0 Å². The number of nitrogens with one attached hydrogen (secondary N) is 1. The van der Waals surface area contributed by atoms with Crippen molar-refractivity contribution in [3.8, 4) is 5.75 Å². The van der Waals surface area contributed by atoms with E-state index in [0.29, 0.717) is 13.0 Å². The molecular weight excluding hydrogens is 218 g/mol. The zero-order valence-electron chi connectivity index (χ0n) is 9.85. The van der Waals surface area contributed by atoms with Crippen LogP contribution in [0.25, 0.3) is 0 Å². The van der Waals surface area contributed by atoms with E-state index >= 15 is 0 Å². The van der Waals surface area contributed by atoms with Gasteiger partial charge in [0.15, 0.2) is 0 Å². The maximum atomic E-state index is 9.59. The number of hydrogen-bond donors (Lipinski definition) is 3. The van der Waals surface area contributed by atoms with Gasteiger partial charge in [0, 0.05) is 6.61 Å². The van der Waals surface area contributed by atoms with Gasteiger partial charge in [0.25, 0.3) is 0 Å². The summed E-state index contributed by atoms with van der Waals surface area (Å²) in [6.07, 6.45) is 1.61.